The molecular weight excluding hydrogens is 290 g/mol. The summed E-state index contributed by atoms with van der Waals surface area (Å²) in [6.45, 7) is 1.86. The predicted octanol–water partition coefficient (Wildman–Crippen LogP) is 2.52. The Kier molecular flexibility index (Phi) is 3.61. The quantitative estimate of drug-likeness (QED) is 0.856. The summed E-state index contributed by atoms with van der Waals surface area (Å²) >= 11 is 0. The summed E-state index contributed by atoms with van der Waals surface area (Å²) in [7, 11) is 0. The fourth-order valence-electron chi connectivity index (χ4n) is 3.29. The molecule has 2 aliphatic rings. The van der Waals surface area contributed by atoms with Crippen LogP contribution < -0.4 is 4.74 Å². The minimum Gasteiger partial charge on any atom is -0.488 e. The number of carbonyl (C=O) groups excluding carboxylic acids is 1. The highest BCUT2D eigenvalue weighted by atomic mass is 16.5. The summed E-state index contributed by atoms with van der Waals surface area (Å²) in [6, 6.07) is 10.0. The molecule has 0 saturated carbocycles. The third-order valence-electron chi connectivity index (χ3n) is 4.49. The number of ether oxygens (including phenoxy) is 1. The van der Waals surface area contributed by atoms with Gasteiger partial charge in [-0.2, -0.15) is 5.10 Å². The van der Waals surface area contributed by atoms with Gasteiger partial charge in [0.1, 0.15) is 12.4 Å². The largest absolute Gasteiger partial charge is 0.488 e. The van der Waals surface area contributed by atoms with Crippen molar-refractivity contribution in [3.05, 3.63) is 53.9 Å². The van der Waals surface area contributed by atoms with Gasteiger partial charge in [0.05, 0.1) is 11.6 Å². The second kappa shape index (κ2) is 5.91. The molecule has 23 heavy (non-hydrogen) atoms. The number of benzene rings is 1. The van der Waals surface area contributed by atoms with E-state index in [1.54, 1.807) is 6.20 Å². The van der Waals surface area contributed by atoms with Crippen molar-refractivity contribution in [3.8, 4) is 5.75 Å². The van der Waals surface area contributed by atoms with Crippen LogP contribution in [0.2, 0.25) is 0 Å². The summed E-state index contributed by atoms with van der Waals surface area (Å²) in [5, 5.41) is 4.32. The van der Waals surface area contributed by atoms with E-state index in [0.29, 0.717) is 13.2 Å². The van der Waals surface area contributed by atoms with Crippen LogP contribution in [0.3, 0.4) is 0 Å². The third kappa shape index (κ3) is 2.74. The minimum absolute atomic E-state index is 0.0800. The lowest BCUT2D eigenvalue weighted by molar-refractivity contribution is -0.129. The van der Waals surface area contributed by atoms with E-state index in [9.17, 15) is 4.79 Å². The zero-order chi connectivity index (χ0) is 15.6. The van der Waals surface area contributed by atoms with E-state index in [2.05, 4.69) is 5.10 Å². The molecule has 1 atom stereocenters. The zero-order valence-corrected chi connectivity index (χ0v) is 12.9. The van der Waals surface area contributed by atoms with Gasteiger partial charge < -0.3 is 9.64 Å². The maximum absolute atomic E-state index is 12.8. The number of piperidine rings is 1. The van der Waals surface area contributed by atoms with E-state index in [-0.39, 0.29) is 11.9 Å². The molecule has 1 aromatic heterocycles. The van der Waals surface area contributed by atoms with Gasteiger partial charge in [0, 0.05) is 31.0 Å². The first-order chi connectivity index (χ1) is 11.3. The maximum atomic E-state index is 12.8. The second-order valence-corrected chi connectivity index (χ2v) is 6.03. The highest BCUT2D eigenvalue weighted by molar-refractivity contribution is 5.99. The van der Waals surface area contributed by atoms with Crippen molar-refractivity contribution < 1.29 is 9.53 Å². The molecule has 1 aromatic carbocycles. The number of para-hydroxylation sites is 1. The molecule has 0 N–H and O–H groups in total. The summed E-state index contributed by atoms with van der Waals surface area (Å²) < 4.78 is 7.67. The van der Waals surface area contributed by atoms with Crippen molar-refractivity contribution in [3.63, 3.8) is 0 Å². The zero-order valence-electron chi connectivity index (χ0n) is 12.9. The Bertz CT molecular complexity index is 736. The van der Waals surface area contributed by atoms with Gasteiger partial charge in [-0.1, -0.05) is 18.2 Å². The van der Waals surface area contributed by atoms with Gasteiger partial charge in [-0.15, -0.1) is 0 Å². The molecule has 4 rings (SSSR count). The standard InChI is InChI=1S/C18H19N3O2/c22-18(15-11-14-5-1-2-7-17(14)23-13-15)20-9-3-6-16(12-20)21-10-4-8-19-21/h1-2,4-5,7-8,10-11,16H,3,6,9,12-13H2. The van der Waals surface area contributed by atoms with Crippen molar-refractivity contribution in [1.82, 2.24) is 14.7 Å². The van der Waals surface area contributed by atoms with Gasteiger partial charge >= 0.3 is 0 Å². The van der Waals surface area contributed by atoms with Gasteiger partial charge in [-0.05, 0) is 31.1 Å². The van der Waals surface area contributed by atoms with E-state index in [0.717, 1.165) is 36.3 Å². The van der Waals surface area contributed by atoms with E-state index in [1.165, 1.54) is 0 Å². The summed E-state index contributed by atoms with van der Waals surface area (Å²) in [5.41, 5.74) is 1.70. The highest BCUT2D eigenvalue weighted by Crippen LogP contribution is 2.28. The van der Waals surface area contributed by atoms with Crippen LogP contribution in [0.5, 0.6) is 5.75 Å². The van der Waals surface area contributed by atoms with Gasteiger partial charge in [0.25, 0.3) is 5.91 Å². The minimum atomic E-state index is 0.0800. The lowest BCUT2D eigenvalue weighted by Gasteiger charge is -2.34. The maximum Gasteiger partial charge on any atom is 0.253 e. The molecule has 2 aliphatic heterocycles. The second-order valence-electron chi connectivity index (χ2n) is 6.03. The molecule has 5 nitrogen and oxygen atoms in total. The first-order valence-corrected chi connectivity index (χ1v) is 8.02. The fraction of sp³-hybridized carbons (Fsp3) is 0.333. The van der Waals surface area contributed by atoms with E-state index < -0.39 is 0 Å². The molecule has 1 amide bonds. The molecule has 1 unspecified atom stereocenters. The predicted molar refractivity (Wildman–Crippen MR) is 87.0 cm³/mol. The van der Waals surface area contributed by atoms with Crippen LogP contribution in [-0.4, -0.2) is 40.3 Å². The monoisotopic (exact) mass is 309 g/mol. The number of carbonyl (C=O) groups is 1. The lowest BCUT2D eigenvalue weighted by Crippen LogP contribution is -2.42. The number of rotatable bonds is 2. The Morgan fingerprint density at radius 3 is 3.04 bits per heavy atom. The van der Waals surface area contributed by atoms with Gasteiger partial charge in [-0.25, -0.2) is 0 Å². The Balaban J connectivity index is 1.52. The van der Waals surface area contributed by atoms with Crippen LogP contribution >= 0.6 is 0 Å². The highest BCUT2D eigenvalue weighted by Gasteiger charge is 2.28. The average Bonchev–Trinajstić information content (AvgIpc) is 3.15. The van der Waals surface area contributed by atoms with Crippen molar-refractivity contribution in [1.29, 1.82) is 0 Å². The molecule has 2 aromatic rings. The Labute approximate surface area is 135 Å². The Hall–Kier alpha value is -2.56. The number of amides is 1. The number of aromatic nitrogens is 2. The van der Waals surface area contributed by atoms with Gasteiger partial charge in [0.15, 0.2) is 0 Å². The van der Waals surface area contributed by atoms with Crippen LogP contribution in [0.15, 0.2) is 48.3 Å². The topological polar surface area (TPSA) is 47.4 Å². The summed E-state index contributed by atoms with van der Waals surface area (Å²) in [6.07, 6.45) is 7.77. The molecule has 1 fully saturated rings. The fourth-order valence-corrected chi connectivity index (χ4v) is 3.29. The van der Waals surface area contributed by atoms with Crippen LogP contribution in [0.4, 0.5) is 0 Å². The van der Waals surface area contributed by atoms with E-state index in [4.69, 9.17) is 4.74 Å². The molecule has 0 spiro atoms. The van der Waals surface area contributed by atoms with Crippen LogP contribution in [-0.2, 0) is 4.79 Å². The third-order valence-corrected chi connectivity index (χ3v) is 4.49. The Morgan fingerprint density at radius 1 is 1.26 bits per heavy atom. The number of hydrogen-bond donors (Lipinski definition) is 0. The average molecular weight is 309 g/mol. The first-order valence-electron chi connectivity index (χ1n) is 8.02. The SMILES string of the molecule is O=C(C1=Cc2ccccc2OC1)N1CCCC(n2cccn2)C1. The smallest absolute Gasteiger partial charge is 0.253 e. The molecule has 0 bridgehead atoms. The lowest BCUT2D eigenvalue weighted by atomic mass is 10.0. The molecular formula is C18H19N3O2. The first kappa shape index (κ1) is 14.1. The number of hydrogen-bond acceptors (Lipinski definition) is 3. The Morgan fingerprint density at radius 2 is 2.17 bits per heavy atom. The van der Waals surface area contributed by atoms with Crippen molar-refractivity contribution in [2.45, 2.75) is 18.9 Å². The van der Waals surface area contributed by atoms with Crippen LogP contribution in [0, 0.1) is 0 Å². The molecule has 3 heterocycles. The van der Waals surface area contributed by atoms with E-state index >= 15 is 0 Å². The molecule has 1 saturated heterocycles. The molecule has 5 heteroatoms. The van der Waals surface area contributed by atoms with Gasteiger partial charge in [0.2, 0.25) is 0 Å². The number of fused-ring (bicyclic) bond motifs is 1. The normalized spacial score (nSPS) is 20.4. The van der Waals surface area contributed by atoms with Crippen LogP contribution in [0.1, 0.15) is 24.4 Å². The van der Waals surface area contributed by atoms with Crippen molar-refractivity contribution in [2.75, 3.05) is 19.7 Å². The molecule has 118 valence electrons. The number of likely N-dealkylation sites (tertiary alicyclic amines) is 1. The molecule has 0 radical (unpaired) electrons. The number of nitrogens with zero attached hydrogens (tertiary/aromatic N) is 3. The van der Waals surface area contributed by atoms with Crippen molar-refractivity contribution >= 4 is 12.0 Å². The summed E-state index contributed by atoms with van der Waals surface area (Å²) in [4.78, 5) is 14.8. The molecule has 0 aliphatic carbocycles. The summed E-state index contributed by atoms with van der Waals surface area (Å²) in [5.74, 6) is 0.925. The van der Waals surface area contributed by atoms with E-state index in [1.807, 2.05) is 52.2 Å². The van der Waals surface area contributed by atoms with Crippen molar-refractivity contribution in [2.24, 2.45) is 0 Å². The van der Waals surface area contributed by atoms with Gasteiger partial charge in [-0.3, -0.25) is 9.48 Å². The van der Waals surface area contributed by atoms with Crippen LogP contribution in [0.25, 0.3) is 6.08 Å².